The van der Waals surface area contributed by atoms with Crippen LogP contribution in [0.5, 0.6) is 0 Å². The summed E-state index contributed by atoms with van der Waals surface area (Å²) in [6.07, 6.45) is 3.70. The van der Waals surface area contributed by atoms with Crippen LogP contribution in [0.3, 0.4) is 0 Å². The van der Waals surface area contributed by atoms with Gasteiger partial charge in [0.2, 0.25) is 0 Å². The second kappa shape index (κ2) is 5.29. The zero-order chi connectivity index (χ0) is 11.3. The monoisotopic (exact) mass is 207 g/mol. The lowest BCUT2D eigenvalue weighted by Crippen LogP contribution is -2.24. The lowest BCUT2D eigenvalue weighted by molar-refractivity contribution is 0.0957. The summed E-state index contributed by atoms with van der Waals surface area (Å²) in [5.41, 5.74) is 1.16. The summed E-state index contributed by atoms with van der Waals surface area (Å²) in [5.74, 6) is -0.497. The van der Waals surface area contributed by atoms with E-state index in [2.05, 4.69) is 5.32 Å². The van der Waals surface area contributed by atoms with Crippen molar-refractivity contribution in [1.82, 2.24) is 5.32 Å². The van der Waals surface area contributed by atoms with Crippen LogP contribution in [0.4, 0.5) is 4.39 Å². The predicted octanol–water partition coefficient (Wildman–Crippen LogP) is 2.44. The summed E-state index contributed by atoms with van der Waals surface area (Å²) in [7, 11) is 0. The van der Waals surface area contributed by atoms with Crippen molar-refractivity contribution < 1.29 is 9.18 Å². The van der Waals surface area contributed by atoms with Crippen LogP contribution in [0.15, 0.2) is 30.4 Å². The van der Waals surface area contributed by atoms with Gasteiger partial charge in [0.1, 0.15) is 5.82 Å². The zero-order valence-electron chi connectivity index (χ0n) is 8.88. The molecular weight excluding hydrogens is 193 g/mol. The molecule has 15 heavy (non-hydrogen) atoms. The van der Waals surface area contributed by atoms with Gasteiger partial charge < -0.3 is 5.32 Å². The number of hydrogen-bond donors (Lipinski definition) is 1. The first-order valence-corrected chi connectivity index (χ1v) is 4.80. The average Bonchev–Trinajstić information content (AvgIpc) is 2.17. The lowest BCUT2D eigenvalue weighted by atomic mass is 10.1. The third kappa shape index (κ3) is 3.20. The fourth-order valence-electron chi connectivity index (χ4n) is 1.25. The van der Waals surface area contributed by atoms with Crippen molar-refractivity contribution in [3.05, 3.63) is 47.3 Å². The Morgan fingerprint density at radius 1 is 1.53 bits per heavy atom. The molecule has 0 aromatic heterocycles. The van der Waals surface area contributed by atoms with Crippen molar-refractivity contribution in [2.24, 2.45) is 0 Å². The molecule has 0 bridgehead atoms. The SMILES string of the molecule is C/C=C/CNC(=O)c1ccc(F)cc1C. The van der Waals surface area contributed by atoms with Crippen molar-refractivity contribution in [3.8, 4) is 0 Å². The number of carbonyl (C=O) groups excluding carboxylic acids is 1. The van der Waals surface area contributed by atoms with E-state index < -0.39 is 0 Å². The zero-order valence-corrected chi connectivity index (χ0v) is 8.88. The summed E-state index contributed by atoms with van der Waals surface area (Å²) >= 11 is 0. The molecule has 1 N–H and O–H groups in total. The number of hydrogen-bond acceptors (Lipinski definition) is 1. The molecule has 0 unspecified atom stereocenters. The number of halogens is 1. The molecule has 0 aliphatic rings. The van der Waals surface area contributed by atoms with Gasteiger partial charge in [0.25, 0.3) is 5.91 Å². The van der Waals surface area contributed by atoms with Crippen molar-refractivity contribution in [2.45, 2.75) is 13.8 Å². The quantitative estimate of drug-likeness (QED) is 0.758. The molecule has 0 heterocycles. The van der Waals surface area contributed by atoms with Crippen LogP contribution >= 0.6 is 0 Å². The largest absolute Gasteiger partial charge is 0.349 e. The molecule has 0 radical (unpaired) electrons. The van der Waals surface area contributed by atoms with Crippen LogP contribution < -0.4 is 5.32 Å². The normalized spacial score (nSPS) is 10.6. The first-order chi connectivity index (χ1) is 7.15. The van der Waals surface area contributed by atoms with E-state index in [4.69, 9.17) is 0 Å². The molecule has 1 rings (SSSR count). The van der Waals surface area contributed by atoms with Crippen LogP contribution in [0, 0.1) is 12.7 Å². The maximum Gasteiger partial charge on any atom is 0.251 e. The highest BCUT2D eigenvalue weighted by Gasteiger charge is 2.07. The van der Waals surface area contributed by atoms with Gasteiger partial charge >= 0.3 is 0 Å². The summed E-state index contributed by atoms with van der Waals surface area (Å²) in [6, 6.07) is 4.14. The maximum atomic E-state index is 12.8. The molecule has 1 aromatic rings. The molecule has 1 aromatic carbocycles. The highest BCUT2D eigenvalue weighted by Crippen LogP contribution is 2.09. The Balaban J connectivity index is 2.73. The number of carbonyl (C=O) groups is 1. The number of benzene rings is 1. The predicted molar refractivity (Wildman–Crippen MR) is 58.3 cm³/mol. The van der Waals surface area contributed by atoms with Gasteiger partial charge in [-0.15, -0.1) is 0 Å². The summed E-state index contributed by atoms with van der Waals surface area (Å²) in [6.45, 7) is 4.09. The van der Waals surface area contributed by atoms with Crippen LogP contribution in [0.25, 0.3) is 0 Å². The van der Waals surface area contributed by atoms with Crippen molar-refractivity contribution in [3.63, 3.8) is 0 Å². The number of aryl methyl sites for hydroxylation is 1. The highest BCUT2D eigenvalue weighted by molar-refractivity contribution is 5.95. The summed E-state index contributed by atoms with van der Waals surface area (Å²) < 4.78 is 12.8. The van der Waals surface area contributed by atoms with Gasteiger partial charge in [0, 0.05) is 12.1 Å². The first-order valence-electron chi connectivity index (χ1n) is 4.80. The molecule has 0 saturated carbocycles. The van der Waals surface area contributed by atoms with Gasteiger partial charge in [-0.2, -0.15) is 0 Å². The number of rotatable bonds is 3. The van der Waals surface area contributed by atoms with E-state index in [1.54, 1.807) is 6.92 Å². The minimum absolute atomic E-state index is 0.175. The molecule has 0 spiro atoms. The Bertz CT molecular complexity index is 385. The molecule has 2 nitrogen and oxygen atoms in total. The van der Waals surface area contributed by atoms with Crippen LogP contribution in [0.1, 0.15) is 22.8 Å². The molecule has 1 amide bonds. The molecular formula is C12H14FNO. The van der Waals surface area contributed by atoms with Gasteiger partial charge in [-0.3, -0.25) is 4.79 Å². The van der Waals surface area contributed by atoms with E-state index >= 15 is 0 Å². The average molecular weight is 207 g/mol. The molecule has 80 valence electrons. The smallest absolute Gasteiger partial charge is 0.251 e. The number of amides is 1. The van der Waals surface area contributed by atoms with Crippen molar-refractivity contribution >= 4 is 5.91 Å². The molecule has 0 aliphatic carbocycles. The standard InChI is InChI=1S/C12H14FNO/c1-3-4-7-14-12(15)11-6-5-10(13)8-9(11)2/h3-6,8H,7H2,1-2H3,(H,14,15)/b4-3+. The fraction of sp³-hybridized carbons (Fsp3) is 0.250. The third-order valence-electron chi connectivity index (χ3n) is 2.05. The summed E-state index contributed by atoms with van der Waals surface area (Å²) in [4.78, 5) is 11.6. The third-order valence-corrected chi connectivity index (χ3v) is 2.05. The second-order valence-corrected chi connectivity index (χ2v) is 3.24. The van der Waals surface area contributed by atoms with E-state index in [9.17, 15) is 9.18 Å². The van der Waals surface area contributed by atoms with E-state index in [1.165, 1.54) is 18.2 Å². The lowest BCUT2D eigenvalue weighted by Gasteiger charge is -2.05. The van der Waals surface area contributed by atoms with Gasteiger partial charge in [0.05, 0.1) is 0 Å². The van der Waals surface area contributed by atoms with Gasteiger partial charge in [-0.05, 0) is 37.6 Å². The van der Waals surface area contributed by atoms with E-state index in [0.717, 1.165) is 0 Å². The van der Waals surface area contributed by atoms with Gasteiger partial charge in [0.15, 0.2) is 0 Å². The maximum absolute atomic E-state index is 12.8. The van der Waals surface area contributed by atoms with Crippen molar-refractivity contribution in [2.75, 3.05) is 6.54 Å². The Hall–Kier alpha value is -1.64. The first kappa shape index (κ1) is 11.4. The minimum atomic E-state index is -0.322. The molecule has 0 atom stereocenters. The van der Waals surface area contributed by atoms with Gasteiger partial charge in [-0.1, -0.05) is 12.2 Å². The Labute approximate surface area is 88.8 Å². The Kier molecular flexibility index (Phi) is 4.03. The highest BCUT2D eigenvalue weighted by atomic mass is 19.1. The number of allylic oxidation sites excluding steroid dienone is 1. The van der Waals surface area contributed by atoms with Crippen LogP contribution in [0.2, 0.25) is 0 Å². The van der Waals surface area contributed by atoms with E-state index in [1.807, 2.05) is 19.1 Å². The number of nitrogens with one attached hydrogen (secondary N) is 1. The molecule has 0 saturated heterocycles. The van der Waals surface area contributed by atoms with Crippen molar-refractivity contribution in [1.29, 1.82) is 0 Å². The molecule has 3 heteroatoms. The van der Waals surface area contributed by atoms with E-state index in [-0.39, 0.29) is 11.7 Å². The molecule has 0 fully saturated rings. The van der Waals surface area contributed by atoms with Crippen LogP contribution in [-0.4, -0.2) is 12.5 Å². The Morgan fingerprint density at radius 2 is 2.27 bits per heavy atom. The topological polar surface area (TPSA) is 29.1 Å². The second-order valence-electron chi connectivity index (χ2n) is 3.24. The summed E-state index contributed by atoms with van der Waals surface area (Å²) in [5, 5.41) is 2.71. The Morgan fingerprint density at radius 3 is 2.87 bits per heavy atom. The molecule has 0 aliphatic heterocycles. The van der Waals surface area contributed by atoms with Crippen LogP contribution in [-0.2, 0) is 0 Å². The van der Waals surface area contributed by atoms with E-state index in [0.29, 0.717) is 17.7 Å². The fourth-order valence-corrected chi connectivity index (χ4v) is 1.25. The minimum Gasteiger partial charge on any atom is -0.349 e. The van der Waals surface area contributed by atoms with Gasteiger partial charge in [-0.25, -0.2) is 4.39 Å².